The highest BCUT2D eigenvalue weighted by atomic mass is 16.5. The Kier molecular flexibility index (Phi) is 1.82. The maximum absolute atomic E-state index is 10.4. The van der Waals surface area contributed by atoms with Gasteiger partial charge in [-0.2, -0.15) is 0 Å². The van der Waals surface area contributed by atoms with Gasteiger partial charge in [-0.05, 0) is 0 Å². The van der Waals surface area contributed by atoms with Crippen LogP contribution in [0, 0.1) is 5.41 Å². The highest BCUT2D eigenvalue weighted by Gasteiger charge is 2.18. The van der Waals surface area contributed by atoms with Crippen molar-refractivity contribution in [3.8, 4) is 0 Å². The van der Waals surface area contributed by atoms with E-state index in [-0.39, 0.29) is 12.5 Å². The van der Waals surface area contributed by atoms with E-state index in [0.29, 0.717) is 12.0 Å². The third-order valence-corrected chi connectivity index (χ3v) is 1.17. The molecule has 0 saturated carbocycles. The Morgan fingerprint density at radius 2 is 2.40 bits per heavy atom. The smallest absolute Gasteiger partial charge is 0.337 e. The Hall–Kier alpha value is -1.16. The molecule has 0 bridgehead atoms. The van der Waals surface area contributed by atoms with E-state index in [1.165, 1.54) is 6.08 Å². The number of cyclic esters (lactones) is 1. The van der Waals surface area contributed by atoms with Crippen molar-refractivity contribution >= 4 is 11.9 Å². The Balaban J connectivity index is 2.65. The highest BCUT2D eigenvalue weighted by Crippen LogP contribution is 2.11. The summed E-state index contributed by atoms with van der Waals surface area (Å²) in [6.45, 7) is -0.0646. The molecule has 10 heavy (non-hydrogen) atoms. The molecule has 0 aliphatic carbocycles. The fraction of sp³-hybridized carbons (Fsp3) is 0.333. The van der Waals surface area contributed by atoms with Gasteiger partial charge in [-0.25, -0.2) is 4.79 Å². The molecule has 2 N–H and O–H groups in total. The number of aliphatic hydroxyl groups is 1. The first-order valence-corrected chi connectivity index (χ1v) is 2.86. The molecule has 0 aromatic rings. The van der Waals surface area contributed by atoms with Gasteiger partial charge in [0.1, 0.15) is 0 Å². The van der Waals surface area contributed by atoms with Gasteiger partial charge in [-0.15, -0.1) is 0 Å². The van der Waals surface area contributed by atoms with Crippen molar-refractivity contribution in [1.29, 1.82) is 5.41 Å². The Morgan fingerprint density at radius 3 is 2.80 bits per heavy atom. The van der Waals surface area contributed by atoms with Crippen molar-refractivity contribution in [2.75, 3.05) is 6.61 Å². The number of aliphatic hydroxyl groups excluding tert-OH is 1. The average Bonchev–Trinajstić information content (AvgIpc) is 2.13. The summed E-state index contributed by atoms with van der Waals surface area (Å²) in [6.07, 6.45) is 1.53. The van der Waals surface area contributed by atoms with Gasteiger partial charge in [-0.1, -0.05) is 0 Å². The van der Waals surface area contributed by atoms with Crippen molar-refractivity contribution in [2.24, 2.45) is 0 Å². The minimum absolute atomic E-state index is 0.0646. The van der Waals surface area contributed by atoms with Crippen LogP contribution >= 0.6 is 0 Å². The molecule has 1 rings (SSSR count). The lowest BCUT2D eigenvalue weighted by atomic mass is 10.2. The van der Waals surface area contributed by atoms with Gasteiger partial charge in [-0.3, -0.25) is 5.41 Å². The van der Waals surface area contributed by atoms with Gasteiger partial charge < -0.3 is 9.84 Å². The van der Waals surface area contributed by atoms with E-state index in [9.17, 15) is 4.79 Å². The summed E-state index contributed by atoms with van der Waals surface area (Å²) in [5.41, 5.74) is 0.465. The summed E-state index contributed by atoms with van der Waals surface area (Å²) in [6, 6.07) is 0. The van der Waals surface area contributed by atoms with Gasteiger partial charge in [0.05, 0.1) is 0 Å². The average molecular weight is 141 g/mol. The van der Waals surface area contributed by atoms with E-state index in [1.54, 1.807) is 0 Å². The number of esters is 1. The number of nitrogens with one attached hydrogen (secondary N) is 1. The highest BCUT2D eigenvalue weighted by molar-refractivity contribution is 6.10. The van der Waals surface area contributed by atoms with Gasteiger partial charge in [0.15, 0.2) is 0 Å². The van der Waals surface area contributed by atoms with E-state index in [0.717, 1.165) is 0 Å². The third-order valence-electron chi connectivity index (χ3n) is 1.17. The van der Waals surface area contributed by atoms with Crippen LogP contribution in [0.1, 0.15) is 6.42 Å². The Morgan fingerprint density at radius 1 is 1.70 bits per heavy atom. The minimum Gasteiger partial charge on any atom is -0.405 e. The van der Waals surface area contributed by atoms with Gasteiger partial charge in [0.2, 0.25) is 5.90 Å². The summed E-state index contributed by atoms with van der Waals surface area (Å²) in [5.74, 6) is -0.660. The number of rotatable bonds is 2. The molecular formula is C6H7NO3. The number of hydrogen-bond acceptors (Lipinski definition) is 4. The standard InChI is InChI=1S/C6H7NO3/c7-6-4(1-2-8)3-5(9)10-6/h3,7-8H,1-2H2. The molecule has 0 unspecified atom stereocenters. The molecule has 0 aromatic heterocycles. The van der Waals surface area contributed by atoms with Crippen LogP contribution in [0.2, 0.25) is 0 Å². The SMILES string of the molecule is N=C1OC(=O)C=C1CCO. The van der Waals surface area contributed by atoms with E-state index in [4.69, 9.17) is 10.5 Å². The first kappa shape index (κ1) is 6.95. The minimum atomic E-state index is -0.520. The van der Waals surface area contributed by atoms with E-state index in [2.05, 4.69) is 4.74 Å². The molecule has 0 atom stereocenters. The van der Waals surface area contributed by atoms with E-state index < -0.39 is 5.97 Å². The molecule has 4 heteroatoms. The van der Waals surface area contributed by atoms with E-state index in [1.807, 2.05) is 0 Å². The van der Waals surface area contributed by atoms with Gasteiger partial charge >= 0.3 is 5.97 Å². The second kappa shape index (κ2) is 2.62. The van der Waals surface area contributed by atoms with Crippen molar-refractivity contribution in [2.45, 2.75) is 6.42 Å². The zero-order valence-electron chi connectivity index (χ0n) is 5.26. The van der Waals surface area contributed by atoms with Gasteiger partial charge in [0.25, 0.3) is 0 Å². The fourth-order valence-electron chi connectivity index (χ4n) is 0.710. The quantitative estimate of drug-likeness (QED) is 0.524. The molecule has 0 spiro atoms. The second-order valence-corrected chi connectivity index (χ2v) is 1.89. The molecule has 0 saturated heterocycles. The molecule has 1 aliphatic rings. The summed E-state index contributed by atoms with van der Waals surface area (Å²) >= 11 is 0. The van der Waals surface area contributed by atoms with Gasteiger partial charge in [0, 0.05) is 24.7 Å². The molecular weight excluding hydrogens is 134 g/mol. The second-order valence-electron chi connectivity index (χ2n) is 1.89. The van der Waals surface area contributed by atoms with Crippen LogP contribution in [0.5, 0.6) is 0 Å². The zero-order chi connectivity index (χ0) is 7.56. The first-order valence-electron chi connectivity index (χ1n) is 2.86. The summed E-state index contributed by atoms with van der Waals surface area (Å²) < 4.78 is 4.37. The van der Waals surface area contributed by atoms with Crippen LogP contribution in [0.25, 0.3) is 0 Å². The molecule has 0 amide bonds. The molecule has 4 nitrogen and oxygen atoms in total. The van der Waals surface area contributed by atoms with Crippen LogP contribution in [-0.4, -0.2) is 23.6 Å². The maximum atomic E-state index is 10.4. The Labute approximate surface area is 57.6 Å². The van der Waals surface area contributed by atoms with Crippen molar-refractivity contribution in [3.05, 3.63) is 11.6 Å². The first-order chi connectivity index (χ1) is 4.74. The van der Waals surface area contributed by atoms with Crippen molar-refractivity contribution in [3.63, 3.8) is 0 Å². The topological polar surface area (TPSA) is 70.4 Å². The van der Waals surface area contributed by atoms with Crippen molar-refractivity contribution in [1.82, 2.24) is 0 Å². The lowest BCUT2D eigenvalue weighted by Crippen LogP contribution is -2.01. The predicted molar refractivity (Wildman–Crippen MR) is 33.6 cm³/mol. The third kappa shape index (κ3) is 1.22. The van der Waals surface area contributed by atoms with Crippen LogP contribution in [-0.2, 0) is 9.53 Å². The van der Waals surface area contributed by atoms with Crippen LogP contribution in [0.4, 0.5) is 0 Å². The number of carbonyl (C=O) groups excluding carboxylic acids is 1. The van der Waals surface area contributed by atoms with E-state index >= 15 is 0 Å². The predicted octanol–water partition coefficient (Wildman–Crippen LogP) is -0.171. The molecule has 1 aliphatic heterocycles. The van der Waals surface area contributed by atoms with Crippen LogP contribution < -0.4 is 0 Å². The zero-order valence-corrected chi connectivity index (χ0v) is 5.26. The number of carbonyl (C=O) groups is 1. The molecule has 0 aromatic carbocycles. The lowest BCUT2D eigenvalue weighted by molar-refractivity contribution is -0.129. The molecule has 1 heterocycles. The summed E-state index contributed by atoms with van der Waals surface area (Å²) in [7, 11) is 0. The van der Waals surface area contributed by atoms with Crippen LogP contribution in [0.15, 0.2) is 11.6 Å². The van der Waals surface area contributed by atoms with Crippen molar-refractivity contribution < 1.29 is 14.6 Å². The number of ether oxygens (including phenoxy) is 1. The summed E-state index contributed by atoms with van der Waals surface area (Å²) in [5, 5.41) is 15.4. The normalized spacial score (nSPS) is 17.1. The Bertz CT molecular complexity index is 207. The molecule has 0 radical (unpaired) electrons. The monoisotopic (exact) mass is 141 g/mol. The largest absolute Gasteiger partial charge is 0.405 e. The number of hydrogen-bond donors (Lipinski definition) is 2. The maximum Gasteiger partial charge on any atom is 0.337 e. The summed E-state index contributed by atoms with van der Waals surface area (Å²) in [4.78, 5) is 10.4. The molecule has 54 valence electrons. The van der Waals surface area contributed by atoms with Crippen LogP contribution in [0.3, 0.4) is 0 Å². The molecule has 0 fully saturated rings. The lowest BCUT2D eigenvalue weighted by Gasteiger charge is -1.94. The fourth-order valence-corrected chi connectivity index (χ4v) is 0.710.